The Morgan fingerprint density at radius 3 is 2.65 bits per heavy atom. The SMILES string of the molecule is CC(=O)c1ccc(-c2cccc3[nH]c(-c4[nH]nc5ncc(-c6cncc(NC(=O)C7CCCC7)c6)cc45)cc23)s1. The zero-order chi connectivity index (χ0) is 27.2. The Kier molecular flexibility index (Phi) is 6.00. The maximum Gasteiger partial charge on any atom is 0.227 e. The van der Waals surface area contributed by atoms with Gasteiger partial charge in [0.15, 0.2) is 11.4 Å². The Bertz CT molecular complexity index is 1910. The zero-order valence-electron chi connectivity index (χ0n) is 21.8. The number of rotatable bonds is 6. The Morgan fingerprint density at radius 2 is 1.82 bits per heavy atom. The Hall–Kier alpha value is -4.63. The lowest BCUT2D eigenvalue weighted by Gasteiger charge is -2.11. The molecule has 0 atom stereocenters. The number of aromatic amines is 2. The van der Waals surface area contributed by atoms with Crippen LogP contribution in [0.2, 0.25) is 0 Å². The highest BCUT2D eigenvalue weighted by Crippen LogP contribution is 2.37. The molecular weight excluding hydrogens is 520 g/mol. The van der Waals surface area contributed by atoms with Crippen molar-refractivity contribution in [1.29, 1.82) is 0 Å². The molecule has 0 radical (unpaired) electrons. The largest absolute Gasteiger partial charge is 0.353 e. The number of hydrogen-bond donors (Lipinski definition) is 3. The molecule has 1 aliphatic carbocycles. The highest BCUT2D eigenvalue weighted by Gasteiger charge is 2.23. The summed E-state index contributed by atoms with van der Waals surface area (Å²) in [6.45, 7) is 1.59. The van der Waals surface area contributed by atoms with Crippen LogP contribution in [0.3, 0.4) is 0 Å². The maximum absolute atomic E-state index is 12.6. The van der Waals surface area contributed by atoms with Crippen LogP contribution in [0.4, 0.5) is 5.69 Å². The molecule has 1 aromatic carbocycles. The molecule has 6 aromatic rings. The summed E-state index contributed by atoms with van der Waals surface area (Å²) in [4.78, 5) is 38.8. The summed E-state index contributed by atoms with van der Waals surface area (Å²) in [5.74, 6) is 0.228. The third kappa shape index (κ3) is 4.38. The monoisotopic (exact) mass is 546 g/mol. The Balaban J connectivity index is 1.24. The molecule has 1 saturated carbocycles. The fourth-order valence-corrected chi connectivity index (χ4v) is 6.48. The van der Waals surface area contributed by atoms with Crippen molar-refractivity contribution in [3.8, 4) is 33.0 Å². The molecule has 8 nitrogen and oxygen atoms in total. The number of nitrogens with zero attached hydrogens (tertiary/aromatic N) is 3. The molecular formula is C31H26N6O2S. The van der Waals surface area contributed by atoms with Gasteiger partial charge < -0.3 is 10.3 Å². The van der Waals surface area contributed by atoms with Gasteiger partial charge in [-0.3, -0.25) is 19.7 Å². The summed E-state index contributed by atoms with van der Waals surface area (Å²) in [6.07, 6.45) is 9.36. The van der Waals surface area contributed by atoms with Gasteiger partial charge in [0.2, 0.25) is 5.91 Å². The molecule has 7 rings (SSSR count). The van der Waals surface area contributed by atoms with E-state index in [4.69, 9.17) is 0 Å². The van der Waals surface area contributed by atoms with E-state index >= 15 is 0 Å². The van der Waals surface area contributed by atoms with Gasteiger partial charge >= 0.3 is 0 Å². The number of Topliss-reactive ketones (excluding diaryl/α,β-unsaturated/α-hetero) is 1. The van der Waals surface area contributed by atoms with Crippen molar-refractivity contribution in [3.63, 3.8) is 0 Å². The number of carbonyl (C=O) groups excluding carboxylic acids is 2. The minimum atomic E-state index is 0.0698. The van der Waals surface area contributed by atoms with Crippen LogP contribution in [0, 0.1) is 5.92 Å². The van der Waals surface area contributed by atoms with Crippen LogP contribution in [-0.4, -0.2) is 36.8 Å². The van der Waals surface area contributed by atoms with Crippen molar-refractivity contribution in [3.05, 3.63) is 72.0 Å². The second kappa shape index (κ2) is 9.84. The molecule has 0 aliphatic heterocycles. The number of hydrogen-bond acceptors (Lipinski definition) is 6. The minimum absolute atomic E-state index is 0.0698. The van der Waals surface area contributed by atoms with Gasteiger partial charge in [-0.1, -0.05) is 25.0 Å². The first-order valence-electron chi connectivity index (χ1n) is 13.4. The number of ketones is 1. The van der Waals surface area contributed by atoms with Crippen molar-refractivity contribution < 1.29 is 9.59 Å². The van der Waals surface area contributed by atoms with E-state index in [0.29, 0.717) is 11.3 Å². The Labute approximate surface area is 233 Å². The van der Waals surface area contributed by atoms with Gasteiger partial charge in [0.05, 0.1) is 28.1 Å². The van der Waals surface area contributed by atoms with E-state index in [-0.39, 0.29) is 17.6 Å². The minimum Gasteiger partial charge on any atom is -0.353 e. The van der Waals surface area contributed by atoms with E-state index in [9.17, 15) is 9.59 Å². The molecule has 9 heteroatoms. The Morgan fingerprint density at radius 1 is 0.975 bits per heavy atom. The third-order valence-corrected chi connectivity index (χ3v) is 8.85. The fourth-order valence-electron chi connectivity index (χ4n) is 5.54. The van der Waals surface area contributed by atoms with Gasteiger partial charge in [0, 0.05) is 56.2 Å². The number of benzene rings is 1. The van der Waals surface area contributed by atoms with Crippen LogP contribution < -0.4 is 5.32 Å². The normalized spacial score (nSPS) is 13.8. The summed E-state index contributed by atoms with van der Waals surface area (Å²) in [5.41, 5.74) is 6.83. The number of anilines is 1. The standard InChI is InChI=1S/C31H26N6O2S/c1-17(38)27-9-10-28(40-27)22-7-4-8-25-23(22)13-26(35-25)29-24-12-20(15-33-30(24)37-36-29)19-11-21(16-32-14-19)34-31(39)18-5-2-3-6-18/h4,7-16,18,35H,2-3,5-6H2,1H3,(H,34,39)(H,33,36,37). The van der Waals surface area contributed by atoms with Crippen molar-refractivity contribution in [2.24, 2.45) is 5.92 Å². The number of pyridine rings is 2. The van der Waals surface area contributed by atoms with Crippen LogP contribution in [0.25, 0.3) is 54.9 Å². The van der Waals surface area contributed by atoms with Crippen LogP contribution in [-0.2, 0) is 4.79 Å². The summed E-state index contributed by atoms with van der Waals surface area (Å²) < 4.78 is 0. The van der Waals surface area contributed by atoms with E-state index in [1.807, 2.05) is 36.4 Å². The predicted octanol–water partition coefficient (Wildman–Crippen LogP) is 7.23. The molecule has 5 heterocycles. The topological polar surface area (TPSA) is 116 Å². The molecule has 1 fully saturated rings. The summed E-state index contributed by atoms with van der Waals surface area (Å²) in [5, 5.41) is 12.6. The van der Waals surface area contributed by atoms with Crippen LogP contribution in [0.1, 0.15) is 42.3 Å². The summed E-state index contributed by atoms with van der Waals surface area (Å²) >= 11 is 1.50. The molecule has 0 bridgehead atoms. The van der Waals surface area contributed by atoms with Gasteiger partial charge in [0.1, 0.15) is 0 Å². The number of aromatic nitrogens is 5. The molecule has 1 amide bonds. The maximum atomic E-state index is 12.6. The smallest absolute Gasteiger partial charge is 0.227 e. The molecule has 5 aromatic heterocycles. The molecule has 0 unspecified atom stereocenters. The first kappa shape index (κ1) is 24.4. The molecule has 3 N–H and O–H groups in total. The molecule has 0 spiro atoms. The van der Waals surface area contributed by atoms with Gasteiger partial charge in [-0.25, -0.2) is 4.98 Å². The number of nitrogens with one attached hydrogen (secondary N) is 3. The number of carbonyl (C=O) groups is 2. The molecule has 0 saturated heterocycles. The van der Waals surface area contributed by atoms with E-state index in [2.05, 4.69) is 42.6 Å². The highest BCUT2D eigenvalue weighted by atomic mass is 32.1. The van der Waals surface area contributed by atoms with Crippen molar-refractivity contribution in [2.75, 3.05) is 5.32 Å². The van der Waals surface area contributed by atoms with E-state index in [1.165, 1.54) is 11.3 Å². The number of thiophene rings is 1. The molecule has 40 heavy (non-hydrogen) atoms. The number of fused-ring (bicyclic) bond motifs is 2. The zero-order valence-corrected chi connectivity index (χ0v) is 22.6. The third-order valence-electron chi connectivity index (χ3n) is 7.63. The average molecular weight is 547 g/mol. The predicted molar refractivity (Wildman–Crippen MR) is 158 cm³/mol. The lowest BCUT2D eigenvalue weighted by molar-refractivity contribution is -0.119. The van der Waals surface area contributed by atoms with Gasteiger partial charge in [-0.15, -0.1) is 11.3 Å². The quantitative estimate of drug-likeness (QED) is 0.191. The van der Waals surface area contributed by atoms with Crippen LogP contribution in [0.15, 0.2) is 67.1 Å². The van der Waals surface area contributed by atoms with Crippen LogP contribution >= 0.6 is 11.3 Å². The first-order valence-corrected chi connectivity index (χ1v) is 14.2. The lowest BCUT2D eigenvalue weighted by Crippen LogP contribution is -2.20. The first-order chi connectivity index (χ1) is 19.5. The van der Waals surface area contributed by atoms with E-state index in [0.717, 1.165) is 79.8 Å². The highest BCUT2D eigenvalue weighted by molar-refractivity contribution is 7.17. The number of H-pyrrole nitrogens is 2. The van der Waals surface area contributed by atoms with Crippen molar-refractivity contribution in [2.45, 2.75) is 32.6 Å². The van der Waals surface area contributed by atoms with Crippen molar-refractivity contribution >= 4 is 50.7 Å². The number of amides is 1. The van der Waals surface area contributed by atoms with Gasteiger partial charge in [0.25, 0.3) is 0 Å². The van der Waals surface area contributed by atoms with Gasteiger partial charge in [-0.2, -0.15) is 5.10 Å². The van der Waals surface area contributed by atoms with Crippen molar-refractivity contribution in [1.82, 2.24) is 25.1 Å². The van der Waals surface area contributed by atoms with Gasteiger partial charge in [-0.05, 0) is 56.2 Å². The van der Waals surface area contributed by atoms with E-state index in [1.54, 1.807) is 25.5 Å². The average Bonchev–Trinajstić information content (AvgIpc) is 3.78. The molecule has 198 valence electrons. The second-order valence-corrected chi connectivity index (χ2v) is 11.4. The lowest BCUT2D eigenvalue weighted by atomic mass is 10.1. The fraction of sp³-hybridized carbons (Fsp3) is 0.194. The van der Waals surface area contributed by atoms with E-state index < -0.39 is 0 Å². The summed E-state index contributed by atoms with van der Waals surface area (Å²) in [7, 11) is 0. The van der Waals surface area contributed by atoms with Crippen LogP contribution in [0.5, 0.6) is 0 Å². The molecule has 1 aliphatic rings. The summed E-state index contributed by atoms with van der Waals surface area (Å²) in [6, 6.07) is 16.1. The second-order valence-electron chi connectivity index (χ2n) is 10.3.